The highest BCUT2D eigenvalue weighted by Gasteiger charge is 2.27. The average Bonchev–Trinajstić information content (AvgIpc) is 2.98. The molecular formula is C22H27ClN2O3S. The van der Waals surface area contributed by atoms with Crippen LogP contribution in [0.15, 0.2) is 47.4 Å². The zero-order valence-electron chi connectivity index (χ0n) is 16.8. The van der Waals surface area contributed by atoms with Gasteiger partial charge in [-0.25, -0.2) is 8.42 Å². The highest BCUT2D eigenvalue weighted by atomic mass is 35.5. The van der Waals surface area contributed by atoms with Gasteiger partial charge in [-0.15, -0.1) is 0 Å². The van der Waals surface area contributed by atoms with E-state index >= 15 is 0 Å². The first-order valence-electron chi connectivity index (χ1n) is 9.96. The van der Waals surface area contributed by atoms with Crippen molar-refractivity contribution in [2.24, 2.45) is 0 Å². The van der Waals surface area contributed by atoms with Crippen LogP contribution in [-0.2, 0) is 10.0 Å². The summed E-state index contributed by atoms with van der Waals surface area (Å²) in [5.74, 6) is -0.393. The Labute approximate surface area is 178 Å². The summed E-state index contributed by atoms with van der Waals surface area (Å²) in [5.41, 5.74) is 2.27. The molecule has 1 atom stereocenters. The molecule has 156 valence electrons. The van der Waals surface area contributed by atoms with E-state index in [1.807, 2.05) is 38.1 Å². The van der Waals surface area contributed by atoms with Crippen molar-refractivity contribution in [2.45, 2.75) is 50.5 Å². The fourth-order valence-electron chi connectivity index (χ4n) is 3.48. The molecule has 0 radical (unpaired) electrons. The lowest BCUT2D eigenvalue weighted by molar-refractivity contribution is 0.0940. The molecule has 29 heavy (non-hydrogen) atoms. The normalized spacial score (nSPS) is 16.8. The minimum atomic E-state index is -3.65. The molecule has 0 bridgehead atoms. The molecule has 0 spiro atoms. The summed E-state index contributed by atoms with van der Waals surface area (Å²) in [7, 11) is -3.65. The van der Waals surface area contributed by atoms with E-state index in [4.69, 9.17) is 11.6 Å². The molecule has 1 heterocycles. The maximum Gasteiger partial charge on any atom is 0.253 e. The number of halogens is 1. The third-order valence-corrected chi connectivity index (χ3v) is 7.53. The molecule has 5 nitrogen and oxygen atoms in total. The molecule has 1 aliphatic heterocycles. The van der Waals surface area contributed by atoms with E-state index in [0.717, 1.165) is 36.8 Å². The molecule has 2 aromatic carbocycles. The summed E-state index contributed by atoms with van der Waals surface area (Å²) in [5, 5.41) is 3.14. The lowest BCUT2D eigenvalue weighted by Gasteiger charge is -2.21. The first-order valence-corrected chi connectivity index (χ1v) is 11.8. The van der Waals surface area contributed by atoms with Crippen LogP contribution in [0, 0.1) is 6.92 Å². The van der Waals surface area contributed by atoms with Crippen molar-refractivity contribution in [1.82, 2.24) is 9.62 Å². The number of carbonyl (C=O) groups is 1. The Morgan fingerprint density at radius 3 is 2.28 bits per heavy atom. The van der Waals surface area contributed by atoms with Gasteiger partial charge in [0.1, 0.15) is 0 Å². The summed E-state index contributed by atoms with van der Waals surface area (Å²) < 4.78 is 27.6. The minimum absolute atomic E-state index is 0.108. The van der Waals surface area contributed by atoms with Crippen molar-refractivity contribution in [3.8, 4) is 0 Å². The number of aryl methyl sites for hydroxylation is 1. The van der Waals surface area contributed by atoms with Crippen LogP contribution in [0.5, 0.6) is 0 Å². The highest BCUT2D eigenvalue weighted by Crippen LogP contribution is 2.25. The summed E-state index contributed by atoms with van der Waals surface area (Å²) in [6.45, 7) is 4.91. The van der Waals surface area contributed by atoms with Gasteiger partial charge in [0.05, 0.1) is 21.5 Å². The Hall–Kier alpha value is -1.89. The van der Waals surface area contributed by atoms with Crippen molar-refractivity contribution >= 4 is 27.5 Å². The zero-order chi connectivity index (χ0) is 21.0. The number of nitrogens with zero attached hydrogens (tertiary/aromatic N) is 1. The minimum Gasteiger partial charge on any atom is -0.345 e. The molecule has 1 amide bonds. The lowest BCUT2D eigenvalue weighted by Crippen LogP contribution is -2.32. The van der Waals surface area contributed by atoms with Gasteiger partial charge in [0.2, 0.25) is 10.0 Å². The van der Waals surface area contributed by atoms with Gasteiger partial charge in [0, 0.05) is 13.1 Å². The van der Waals surface area contributed by atoms with Gasteiger partial charge < -0.3 is 5.32 Å². The summed E-state index contributed by atoms with van der Waals surface area (Å²) >= 11 is 6.23. The second kappa shape index (κ2) is 9.28. The predicted molar refractivity (Wildman–Crippen MR) is 116 cm³/mol. The van der Waals surface area contributed by atoms with Gasteiger partial charge >= 0.3 is 0 Å². The maximum atomic E-state index is 13.1. The molecule has 0 aromatic heterocycles. The number of hydrogen-bond acceptors (Lipinski definition) is 3. The number of carbonyl (C=O) groups excluding carboxylic acids is 1. The van der Waals surface area contributed by atoms with Crippen LogP contribution in [0.3, 0.4) is 0 Å². The molecule has 0 saturated carbocycles. The van der Waals surface area contributed by atoms with E-state index in [1.165, 1.54) is 22.5 Å². The van der Waals surface area contributed by atoms with E-state index in [0.29, 0.717) is 13.1 Å². The van der Waals surface area contributed by atoms with Crippen LogP contribution in [0.4, 0.5) is 0 Å². The van der Waals surface area contributed by atoms with Gasteiger partial charge in [-0.1, -0.05) is 54.3 Å². The van der Waals surface area contributed by atoms with E-state index in [2.05, 4.69) is 5.32 Å². The third kappa shape index (κ3) is 5.18. The number of hydrogen-bond donors (Lipinski definition) is 1. The first kappa shape index (κ1) is 21.8. The highest BCUT2D eigenvalue weighted by molar-refractivity contribution is 7.89. The molecule has 3 rings (SSSR count). The SMILES string of the molecule is Cc1ccc([C@@H](C)NC(=O)c2cc(S(=O)(=O)N3CCCCCC3)ccc2Cl)cc1. The fourth-order valence-corrected chi connectivity index (χ4v) is 5.23. The molecule has 7 heteroatoms. The molecule has 1 saturated heterocycles. The molecule has 0 unspecified atom stereocenters. The second-order valence-corrected chi connectivity index (χ2v) is 9.91. The number of rotatable bonds is 5. The van der Waals surface area contributed by atoms with E-state index in [-0.39, 0.29) is 21.5 Å². The number of amides is 1. The molecule has 1 aliphatic rings. The van der Waals surface area contributed by atoms with Gasteiger partial charge in [-0.2, -0.15) is 4.31 Å². The Balaban J connectivity index is 1.82. The lowest BCUT2D eigenvalue weighted by atomic mass is 10.1. The number of sulfonamides is 1. The van der Waals surface area contributed by atoms with E-state index < -0.39 is 15.9 Å². The smallest absolute Gasteiger partial charge is 0.253 e. The average molecular weight is 435 g/mol. The van der Waals surface area contributed by atoms with Crippen molar-refractivity contribution in [3.05, 3.63) is 64.2 Å². The summed E-state index contributed by atoms with van der Waals surface area (Å²) in [4.78, 5) is 12.9. The first-order chi connectivity index (χ1) is 13.8. The van der Waals surface area contributed by atoms with Crippen LogP contribution < -0.4 is 5.32 Å². The van der Waals surface area contributed by atoms with Crippen LogP contribution in [0.1, 0.15) is 60.1 Å². The Kier molecular flexibility index (Phi) is 6.98. The van der Waals surface area contributed by atoms with Crippen LogP contribution in [-0.4, -0.2) is 31.7 Å². The number of nitrogens with one attached hydrogen (secondary N) is 1. The third-order valence-electron chi connectivity index (χ3n) is 5.31. The Bertz CT molecular complexity index is 966. The van der Waals surface area contributed by atoms with Crippen LogP contribution in [0.2, 0.25) is 5.02 Å². The van der Waals surface area contributed by atoms with Crippen molar-refractivity contribution < 1.29 is 13.2 Å². The number of benzene rings is 2. The van der Waals surface area contributed by atoms with E-state index in [1.54, 1.807) is 0 Å². The monoisotopic (exact) mass is 434 g/mol. The zero-order valence-corrected chi connectivity index (χ0v) is 18.4. The second-order valence-electron chi connectivity index (χ2n) is 7.57. The standard InChI is InChI=1S/C22H27ClN2O3S/c1-16-7-9-18(10-8-16)17(2)24-22(26)20-15-19(11-12-21(20)23)29(27,28)25-13-5-3-4-6-14-25/h7-12,15,17H,3-6,13-14H2,1-2H3,(H,24,26)/t17-/m1/s1. The largest absolute Gasteiger partial charge is 0.345 e. The summed E-state index contributed by atoms with van der Waals surface area (Å²) in [6.07, 6.45) is 3.79. The van der Waals surface area contributed by atoms with Crippen molar-refractivity contribution in [2.75, 3.05) is 13.1 Å². The van der Waals surface area contributed by atoms with Gasteiger partial charge in [-0.05, 0) is 50.5 Å². The molecule has 2 aromatic rings. The van der Waals surface area contributed by atoms with Crippen molar-refractivity contribution in [1.29, 1.82) is 0 Å². The van der Waals surface area contributed by atoms with Gasteiger partial charge in [-0.3, -0.25) is 4.79 Å². The molecule has 1 fully saturated rings. The van der Waals surface area contributed by atoms with Gasteiger partial charge in [0.25, 0.3) is 5.91 Å². The molecule has 0 aliphatic carbocycles. The van der Waals surface area contributed by atoms with Crippen molar-refractivity contribution in [3.63, 3.8) is 0 Å². The quantitative estimate of drug-likeness (QED) is 0.741. The predicted octanol–water partition coefficient (Wildman–Crippen LogP) is 4.70. The fraction of sp³-hybridized carbons (Fsp3) is 0.409. The maximum absolute atomic E-state index is 13.1. The van der Waals surface area contributed by atoms with Gasteiger partial charge in [0.15, 0.2) is 0 Å². The Morgan fingerprint density at radius 2 is 1.66 bits per heavy atom. The molecule has 1 N–H and O–H groups in total. The molecular weight excluding hydrogens is 408 g/mol. The van der Waals surface area contributed by atoms with Crippen LogP contribution >= 0.6 is 11.6 Å². The topological polar surface area (TPSA) is 66.5 Å². The van der Waals surface area contributed by atoms with E-state index in [9.17, 15) is 13.2 Å². The van der Waals surface area contributed by atoms with Crippen LogP contribution in [0.25, 0.3) is 0 Å². The summed E-state index contributed by atoms with van der Waals surface area (Å²) in [6, 6.07) is 12.0. The Morgan fingerprint density at radius 1 is 1.03 bits per heavy atom.